The molecule has 2 aliphatic rings. The highest BCUT2D eigenvalue weighted by atomic mass is 16.6. The average Bonchev–Trinajstić information content (AvgIpc) is 3.33. The molecular formula is C16H22N2O2. The van der Waals surface area contributed by atoms with E-state index in [1.54, 1.807) is 18.2 Å². The van der Waals surface area contributed by atoms with Crippen molar-refractivity contribution in [1.29, 1.82) is 0 Å². The van der Waals surface area contributed by atoms with Crippen LogP contribution in [0.25, 0.3) is 0 Å². The Morgan fingerprint density at radius 3 is 2.45 bits per heavy atom. The first kappa shape index (κ1) is 13.6. The van der Waals surface area contributed by atoms with Crippen LogP contribution in [0.5, 0.6) is 0 Å². The van der Waals surface area contributed by atoms with Crippen LogP contribution in [0.2, 0.25) is 0 Å². The molecule has 0 saturated heterocycles. The Balaban J connectivity index is 1.74. The van der Waals surface area contributed by atoms with Crippen molar-refractivity contribution in [3.8, 4) is 0 Å². The van der Waals surface area contributed by atoms with Gasteiger partial charge in [0.05, 0.1) is 4.92 Å². The molecule has 1 aromatic rings. The van der Waals surface area contributed by atoms with Gasteiger partial charge in [-0.05, 0) is 49.5 Å². The zero-order valence-corrected chi connectivity index (χ0v) is 11.9. The van der Waals surface area contributed by atoms with E-state index in [1.165, 1.54) is 25.7 Å². The normalized spacial score (nSPS) is 20.1. The third-order valence-electron chi connectivity index (χ3n) is 4.55. The van der Waals surface area contributed by atoms with Crippen LogP contribution in [0.1, 0.15) is 50.6 Å². The van der Waals surface area contributed by atoms with Gasteiger partial charge >= 0.3 is 0 Å². The molecule has 4 heteroatoms. The second kappa shape index (κ2) is 5.52. The molecular weight excluding hydrogens is 252 g/mol. The first-order valence-electron chi connectivity index (χ1n) is 7.69. The smallest absolute Gasteiger partial charge is 0.269 e. The van der Waals surface area contributed by atoms with Crippen LogP contribution in [0.4, 0.5) is 5.69 Å². The number of nitrogens with zero attached hydrogens (tertiary/aromatic N) is 1. The first-order chi connectivity index (χ1) is 9.69. The van der Waals surface area contributed by atoms with Gasteiger partial charge in [-0.3, -0.25) is 10.1 Å². The summed E-state index contributed by atoms with van der Waals surface area (Å²) in [5, 5.41) is 14.7. The van der Waals surface area contributed by atoms with Crippen molar-refractivity contribution < 1.29 is 4.92 Å². The largest absolute Gasteiger partial charge is 0.307 e. The Hall–Kier alpha value is -1.42. The first-order valence-corrected chi connectivity index (χ1v) is 7.69. The molecule has 3 rings (SSSR count). The summed E-state index contributed by atoms with van der Waals surface area (Å²) in [6.07, 6.45) is 6.36. The number of benzene rings is 1. The van der Waals surface area contributed by atoms with Crippen LogP contribution in [0, 0.1) is 22.0 Å². The van der Waals surface area contributed by atoms with Crippen LogP contribution in [-0.4, -0.2) is 11.0 Å². The Bertz CT molecular complexity index is 483. The summed E-state index contributed by atoms with van der Waals surface area (Å²) >= 11 is 0. The third-order valence-corrected chi connectivity index (χ3v) is 4.55. The molecule has 20 heavy (non-hydrogen) atoms. The molecule has 0 aromatic heterocycles. The minimum Gasteiger partial charge on any atom is -0.307 e. The SMILES string of the molecule is CCC(NC(C1CC1)C1CC1)c1cccc([N+](=O)[O-])c1. The topological polar surface area (TPSA) is 55.2 Å². The molecule has 0 aliphatic heterocycles. The van der Waals surface area contributed by atoms with E-state index < -0.39 is 0 Å². The summed E-state index contributed by atoms with van der Waals surface area (Å²) in [4.78, 5) is 10.6. The highest BCUT2D eigenvalue weighted by molar-refractivity contribution is 5.35. The van der Waals surface area contributed by atoms with Gasteiger partial charge in [0.15, 0.2) is 0 Å². The standard InChI is InChI=1S/C16H22N2O2/c1-2-15(13-4-3-5-14(10-13)18(19)20)17-16(11-6-7-11)12-8-9-12/h3-5,10-12,15-17H,2,6-9H2,1H3. The van der Waals surface area contributed by atoms with Gasteiger partial charge in [0, 0.05) is 24.2 Å². The van der Waals surface area contributed by atoms with Gasteiger partial charge in [0.1, 0.15) is 0 Å². The second-order valence-electron chi connectivity index (χ2n) is 6.18. The van der Waals surface area contributed by atoms with E-state index in [2.05, 4.69) is 12.2 Å². The van der Waals surface area contributed by atoms with E-state index in [4.69, 9.17) is 0 Å². The molecule has 0 amide bonds. The van der Waals surface area contributed by atoms with Gasteiger partial charge in [0.2, 0.25) is 0 Å². The summed E-state index contributed by atoms with van der Waals surface area (Å²) in [6.45, 7) is 2.15. The fraction of sp³-hybridized carbons (Fsp3) is 0.625. The number of rotatable bonds is 7. The lowest BCUT2D eigenvalue weighted by atomic mass is 9.99. The molecule has 1 unspecified atom stereocenters. The Labute approximate surface area is 119 Å². The molecule has 0 spiro atoms. The molecule has 4 nitrogen and oxygen atoms in total. The van der Waals surface area contributed by atoms with Crippen LogP contribution in [-0.2, 0) is 0 Å². The van der Waals surface area contributed by atoms with Gasteiger partial charge in [-0.15, -0.1) is 0 Å². The lowest BCUT2D eigenvalue weighted by molar-refractivity contribution is -0.384. The van der Waals surface area contributed by atoms with E-state index in [0.717, 1.165) is 23.8 Å². The summed E-state index contributed by atoms with van der Waals surface area (Å²) in [7, 11) is 0. The van der Waals surface area contributed by atoms with E-state index in [1.807, 2.05) is 6.07 Å². The van der Waals surface area contributed by atoms with Crippen molar-refractivity contribution in [2.75, 3.05) is 0 Å². The maximum Gasteiger partial charge on any atom is 0.269 e. The van der Waals surface area contributed by atoms with Crippen LogP contribution in [0.3, 0.4) is 0 Å². The minimum atomic E-state index is -0.310. The van der Waals surface area contributed by atoms with Crippen molar-refractivity contribution in [2.24, 2.45) is 11.8 Å². The quantitative estimate of drug-likeness (QED) is 0.607. The molecule has 1 atom stereocenters. The maximum atomic E-state index is 10.9. The van der Waals surface area contributed by atoms with E-state index in [-0.39, 0.29) is 16.7 Å². The Kier molecular flexibility index (Phi) is 3.74. The maximum absolute atomic E-state index is 10.9. The summed E-state index contributed by atoms with van der Waals surface area (Å²) < 4.78 is 0. The molecule has 1 N–H and O–H groups in total. The molecule has 2 fully saturated rings. The van der Waals surface area contributed by atoms with E-state index in [9.17, 15) is 10.1 Å². The van der Waals surface area contributed by atoms with E-state index in [0.29, 0.717) is 6.04 Å². The highest BCUT2D eigenvalue weighted by Crippen LogP contribution is 2.45. The summed E-state index contributed by atoms with van der Waals surface area (Å²) in [6, 6.07) is 7.94. The molecule has 0 bridgehead atoms. The van der Waals surface area contributed by atoms with Crippen LogP contribution in [0.15, 0.2) is 24.3 Å². The zero-order valence-electron chi connectivity index (χ0n) is 11.9. The number of hydrogen-bond acceptors (Lipinski definition) is 3. The summed E-state index contributed by atoms with van der Waals surface area (Å²) in [5.74, 6) is 1.69. The fourth-order valence-corrected chi connectivity index (χ4v) is 3.10. The van der Waals surface area contributed by atoms with Crippen molar-refractivity contribution in [2.45, 2.75) is 51.1 Å². The summed E-state index contributed by atoms with van der Waals surface area (Å²) in [5.41, 5.74) is 1.24. The predicted molar refractivity (Wildman–Crippen MR) is 78.5 cm³/mol. The molecule has 2 saturated carbocycles. The minimum absolute atomic E-state index is 0.192. The van der Waals surface area contributed by atoms with Gasteiger partial charge in [-0.1, -0.05) is 19.1 Å². The van der Waals surface area contributed by atoms with Crippen LogP contribution < -0.4 is 5.32 Å². The molecule has 2 aliphatic carbocycles. The van der Waals surface area contributed by atoms with Crippen LogP contribution >= 0.6 is 0 Å². The van der Waals surface area contributed by atoms with Gasteiger partial charge in [0.25, 0.3) is 5.69 Å². The lowest BCUT2D eigenvalue weighted by Crippen LogP contribution is -2.36. The lowest BCUT2D eigenvalue weighted by Gasteiger charge is -2.25. The molecule has 0 radical (unpaired) electrons. The van der Waals surface area contributed by atoms with Crippen molar-refractivity contribution in [3.63, 3.8) is 0 Å². The third kappa shape index (κ3) is 3.01. The molecule has 0 heterocycles. The number of nitrogens with one attached hydrogen (secondary N) is 1. The van der Waals surface area contributed by atoms with Crippen molar-refractivity contribution in [3.05, 3.63) is 39.9 Å². The van der Waals surface area contributed by atoms with Gasteiger partial charge < -0.3 is 5.32 Å². The molecule has 108 valence electrons. The number of nitro groups is 1. The average molecular weight is 274 g/mol. The number of nitro benzene ring substituents is 1. The predicted octanol–water partition coefficient (Wildman–Crippen LogP) is 3.82. The van der Waals surface area contributed by atoms with Gasteiger partial charge in [-0.2, -0.15) is 0 Å². The fourth-order valence-electron chi connectivity index (χ4n) is 3.10. The Morgan fingerprint density at radius 1 is 1.30 bits per heavy atom. The van der Waals surface area contributed by atoms with E-state index >= 15 is 0 Å². The highest BCUT2D eigenvalue weighted by Gasteiger charge is 2.42. The molecule has 1 aromatic carbocycles. The van der Waals surface area contributed by atoms with Crippen molar-refractivity contribution in [1.82, 2.24) is 5.32 Å². The Morgan fingerprint density at radius 2 is 1.95 bits per heavy atom. The van der Waals surface area contributed by atoms with Gasteiger partial charge in [-0.25, -0.2) is 0 Å². The monoisotopic (exact) mass is 274 g/mol. The second-order valence-corrected chi connectivity index (χ2v) is 6.18. The van der Waals surface area contributed by atoms with Crippen molar-refractivity contribution >= 4 is 5.69 Å². The number of non-ortho nitro benzene ring substituents is 1. The zero-order chi connectivity index (χ0) is 14.1. The number of hydrogen-bond donors (Lipinski definition) is 1.